The van der Waals surface area contributed by atoms with Crippen LogP contribution in [0.1, 0.15) is 37.7 Å². The molecule has 0 saturated heterocycles. The van der Waals surface area contributed by atoms with Crippen LogP contribution in [-0.2, 0) is 9.59 Å². The molecule has 0 aliphatic rings. The number of carbonyl (C=O) groups is 2. The third-order valence-electron chi connectivity index (χ3n) is 3.70. The molecule has 132 valence electrons. The number of rotatable bonds is 8. The number of para-hydroxylation sites is 2. The molecule has 1 aromatic heterocycles. The van der Waals surface area contributed by atoms with Crippen LogP contribution in [0.4, 0.5) is 17.1 Å². The van der Waals surface area contributed by atoms with Gasteiger partial charge in [-0.15, -0.1) is 0 Å². The fourth-order valence-corrected chi connectivity index (χ4v) is 2.42. The number of nitrogens with zero attached hydrogens (tertiary/aromatic N) is 1. The molecule has 0 aliphatic heterocycles. The molecule has 0 fully saturated rings. The van der Waals surface area contributed by atoms with E-state index in [2.05, 4.69) is 15.6 Å². The molecule has 2 aromatic rings. The first kappa shape index (κ1) is 18.4. The normalized spacial score (nSPS) is 10.3. The number of aryl methyl sites for hydroxylation is 1. The zero-order valence-corrected chi connectivity index (χ0v) is 14.4. The molecule has 0 aliphatic carbocycles. The van der Waals surface area contributed by atoms with Crippen molar-refractivity contribution in [1.82, 2.24) is 4.98 Å². The average Bonchev–Trinajstić information content (AvgIpc) is 2.56. The molecule has 0 radical (unpaired) electrons. The first-order valence-corrected chi connectivity index (χ1v) is 8.40. The van der Waals surface area contributed by atoms with Crippen molar-refractivity contribution in [3.8, 4) is 0 Å². The van der Waals surface area contributed by atoms with E-state index < -0.39 is 0 Å². The number of nitrogens with two attached hydrogens (primary N) is 1. The summed E-state index contributed by atoms with van der Waals surface area (Å²) in [4.78, 5) is 27.8. The maximum Gasteiger partial charge on any atom is 0.224 e. The van der Waals surface area contributed by atoms with Crippen LogP contribution in [0, 0.1) is 6.92 Å². The second kappa shape index (κ2) is 9.42. The van der Waals surface area contributed by atoms with E-state index in [1.54, 1.807) is 24.5 Å². The van der Waals surface area contributed by atoms with Gasteiger partial charge < -0.3 is 16.4 Å². The van der Waals surface area contributed by atoms with Crippen molar-refractivity contribution in [2.75, 3.05) is 16.4 Å². The van der Waals surface area contributed by atoms with Crippen LogP contribution in [0.25, 0.3) is 0 Å². The molecule has 2 amide bonds. The van der Waals surface area contributed by atoms with Crippen molar-refractivity contribution in [3.05, 3.63) is 48.3 Å². The average molecular weight is 340 g/mol. The SMILES string of the molecule is Cc1cncc(NC(=O)CCCCCC(=O)Nc2ccccc2N)c1. The number of pyridine rings is 1. The Kier molecular flexibility index (Phi) is 6.95. The summed E-state index contributed by atoms with van der Waals surface area (Å²) in [7, 11) is 0. The van der Waals surface area contributed by atoms with Crippen molar-refractivity contribution < 1.29 is 9.59 Å². The summed E-state index contributed by atoms with van der Waals surface area (Å²) in [5.41, 5.74) is 8.69. The van der Waals surface area contributed by atoms with Gasteiger partial charge in [0.2, 0.25) is 11.8 Å². The number of unbranched alkanes of at least 4 members (excludes halogenated alkanes) is 2. The van der Waals surface area contributed by atoms with E-state index in [0.29, 0.717) is 29.9 Å². The third kappa shape index (κ3) is 6.63. The summed E-state index contributed by atoms with van der Waals surface area (Å²) >= 11 is 0. The Labute approximate surface area is 147 Å². The Morgan fingerprint density at radius 3 is 2.36 bits per heavy atom. The van der Waals surface area contributed by atoms with Gasteiger partial charge in [0.15, 0.2) is 0 Å². The zero-order valence-electron chi connectivity index (χ0n) is 14.4. The van der Waals surface area contributed by atoms with E-state index in [1.165, 1.54) is 0 Å². The molecular weight excluding hydrogens is 316 g/mol. The lowest BCUT2D eigenvalue weighted by Gasteiger charge is -2.08. The Morgan fingerprint density at radius 2 is 1.68 bits per heavy atom. The van der Waals surface area contributed by atoms with Crippen LogP contribution in [0.15, 0.2) is 42.7 Å². The maximum atomic E-state index is 11.9. The van der Waals surface area contributed by atoms with Crippen molar-refractivity contribution >= 4 is 28.9 Å². The monoisotopic (exact) mass is 340 g/mol. The molecule has 0 bridgehead atoms. The van der Waals surface area contributed by atoms with E-state index in [0.717, 1.165) is 24.8 Å². The lowest BCUT2D eigenvalue weighted by Crippen LogP contribution is -2.13. The highest BCUT2D eigenvalue weighted by Crippen LogP contribution is 2.17. The van der Waals surface area contributed by atoms with E-state index >= 15 is 0 Å². The fraction of sp³-hybridized carbons (Fsp3) is 0.316. The number of anilines is 3. The van der Waals surface area contributed by atoms with Gasteiger partial charge in [-0.3, -0.25) is 14.6 Å². The van der Waals surface area contributed by atoms with Gasteiger partial charge in [-0.1, -0.05) is 18.6 Å². The van der Waals surface area contributed by atoms with Crippen LogP contribution in [0.3, 0.4) is 0 Å². The number of hydrogen-bond acceptors (Lipinski definition) is 4. The van der Waals surface area contributed by atoms with Crippen LogP contribution in [-0.4, -0.2) is 16.8 Å². The number of nitrogens with one attached hydrogen (secondary N) is 2. The molecule has 25 heavy (non-hydrogen) atoms. The molecule has 1 heterocycles. The van der Waals surface area contributed by atoms with Gasteiger partial charge in [-0.2, -0.15) is 0 Å². The van der Waals surface area contributed by atoms with E-state index in [1.807, 2.05) is 25.1 Å². The summed E-state index contributed by atoms with van der Waals surface area (Å²) in [6.45, 7) is 1.93. The first-order chi connectivity index (χ1) is 12.0. The number of nitrogen functional groups attached to an aromatic ring is 1. The van der Waals surface area contributed by atoms with E-state index in [4.69, 9.17) is 5.73 Å². The minimum absolute atomic E-state index is 0.0334. The topological polar surface area (TPSA) is 97.1 Å². The van der Waals surface area contributed by atoms with Gasteiger partial charge in [-0.05, 0) is 43.5 Å². The van der Waals surface area contributed by atoms with Crippen molar-refractivity contribution in [3.63, 3.8) is 0 Å². The minimum Gasteiger partial charge on any atom is -0.397 e. The smallest absolute Gasteiger partial charge is 0.224 e. The predicted molar refractivity (Wildman–Crippen MR) is 100 cm³/mol. The number of amides is 2. The fourth-order valence-electron chi connectivity index (χ4n) is 2.42. The zero-order chi connectivity index (χ0) is 18.1. The second-order valence-corrected chi connectivity index (χ2v) is 6.00. The first-order valence-electron chi connectivity index (χ1n) is 8.40. The molecule has 6 nitrogen and oxygen atoms in total. The highest BCUT2D eigenvalue weighted by Gasteiger charge is 2.06. The van der Waals surface area contributed by atoms with Crippen molar-refractivity contribution in [1.29, 1.82) is 0 Å². The number of benzene rings is 1. The Hall–Kier alpha value is -2.89. The standard InChI is InChI=1S/C19H24N4O2/c1-14-11-15(13-21-12-14)22-18(24)9-3-2-4-10-19(25)23-17-8-6-5-7-16(17)20/h5-8,11-13H,2-4,9-10,20H2,1H3,(H,22,24)(H,23,25). The lowest BCUT2D eigenvalue weighted by molar-refractivity contribution is -0.116. The van der Waals surface area contributed by atoms with Crippen LogP contribution in [0.5, 0.6) is 0 Å². The number of hydrogen-bond donors (Lipinski definition) is 3. The molecule has 0 spiro atoms. The Balaban J connectivity index is 1.60. The molecule has 1 aromatic carbocycles. The molecule has 0 saturated carbocycles. The van der Waals surface area contributed by atoms with Gasteiger partial charge in [0.1, 0.15) is 0 Å². The van der Waals surface area contributed by atoms with Crippen LogP contribution in [0.2, 0.25) is 0 Å². The summed E-state index contributed by atoms with van der Waals surface area (Å²) in [6, 6.07) is 9.05. The van der Waals surface area contributed by atoms with Crippen molar-refractivity contribution in [2.45, 2.75) is 39.0 Å². The molecule has 4 N–H and O–H groups in total. The van der Waals surface area contributed by atoms with E-state index in [9.17, 15) is 9.59 Å². The van der Waals surface area contributed by atoms with Gasteiger partial charge in [0.25, 0.3) is 0 Å². The van der Waals surface area contributed by atoms with Gasteiger partial charge >= 0.3 is 0 Å². The molecular formula is C19H24N4O2. The quantitative estimate of drug-likeness (QED) is 0.506. The van der Waals surface area contributed by atoms with Crippen LogP contribution < -0.4 is 16.4 Å². The molecule has 6 heteroatoms. The summed E-state index contributed by atoms with van der Waals surface area (Å²) in [5, 5.41) is 5.62. The molecule has 0 atom stereocenters. The van der Waals surface area contributed by atoms with Gasteiger partial charge in [-0.25, -0.2) is 0 Å². The molecule has 2 rings (SSSR count). The highest BCUT2D eigenvalue weighted by atomic mass is 16.2. The van der Waals surface area contributed by atoms with Gasteiger partial charge in [0.05, 0.1) is 23.3 Å². The van der Waals surface area contributed by atoms with Gasteiger partial charge in [0, 0.05) is 19.0 Å². The van der Waals surface area contributed by atoms with Crippen molar-refractivity contribution in [2.24, 2.45) is 0 Å². The third-order valence-corrected chi connectivity index (χ3v) is 3.70. The summed E-state index contributed by atoms with van der Waals surface area (Å²) < 4.78 is 0. The lowest BCUT2D eigenvalue weighted by atomic mass is 10.1. The maximum absolute atomic E-state index is 11.9. The second-order valence-electron chi connectivity index (χ2n) is 6.00. The Morgan fingerprint density at radius 1 is 1.00 bits per heavy atom. The number of carbonyl (C=O) groups excluding carboxylic acids is 2. The largest absolute Gasteiger partial charge is 0.397 e. The summed E-state index contributed by atoms with van der Waals surface area (Å²) in [6.07, 6.45) is 6.51. The minimum atomic E-state index is -0.0619. The molecule has 0 unspecified atom stereocenters. The van der Waals surface area contributed by atoms with Crippen LogP contribution >= 0.6 is 0 Å². The number of aromatic nitrogens is 1. The Bertz CT molecular complexity index is 731. The highest BCUT2D eigenvalue weighted by molar-refractivity contribution is 5.93. The summed E-state index contributed by atoms with van der Waals surface area (Å²) in [5.74, 6) is -0.0953. The van der Waals surface area contributed by atoms with E-state index in [-0.39, 0.29) is 11.8 Å². The predicted octanol–water partition coefficient (Wildman–Crippen LogP) is 3.50.